The van der Waals surface area contributed by atoms with Gasteiger partial charge in [0.05, 0.1) is 6.54 Å². The van der Waals surface area contributed by atoms with Crippen molar-refractivity contribution in [3.63, 3.8) is 0 Å². The monoisotopic (exact) mass is 548 g/mol. The zero-order chi connectivity index (χ0) is 21.4. The van der Waals surface area contributed by atoms with E-state index in [-0.39, 0.29) is 41.9 Å². The first kappa shape index (κ1) is 26.9. The molecule has 10 heteroatoms. The number of hydrogen-bond acceptors (Lipinski definition) is 2. The number of guanidine groups is 1. The van der Waals surface area contributed by atoms with Crippen molar-refractivity contribution in [3.8, 4) is 0 Å². The Hall–Kier alpha value is -1.17. The zero-order valence-electron chi connectivity index (χ0n) is 17.3. The topological polar surface area (TPSA) is 30.9 Å². The molecule has 1 aliphatic rings. The third kappa shape index (κ3) is 8.91. The Balaban J connectivity index is 0.00000450. The van der Waals surface area contributed by atoms with Crippen LogP contribution >= 0.6 is 24.0 Å². The van der Waals surface area contributed by atoms with Crippen LogP contribution in [0.5, 0.6) is 0 Å². The summed E-state index contributed by atoms with van der Waals surface area (Å²) >= 11 is 0. The fraction of sp³-hybridized carbons (Fsp3) is 0.650. The predicted molar refractivity (Wildman–Crippen MR) is 119 cm³/mol. The minimum absolute atomic E-state index is 0. The average Bonchev–Trinajstić information content (AvgIpc) is 3.10. The van der Waals surface area contributed by atoms with Crippen LogP contribution in [0.2, 0.25) is 0 Å². The smallest absolute Gasteiger partial charge is 0.357 e. The standard InChI is InChI=1S/C20H29F5N4.HI/c1-3-26-19(27-9-7-16-11-17(21)5-6-18(16)22)29-10-8-15(13-29)12-28(4-2)14-20(23,24)25;/h5-6,11,15H,3-4,7-10,12-14H2,1-2H3,(H,26,27);1H. The SMILES string of the molecule is CCNC(=NCCc1cc(F)ccc1F)N1CCC(CN(CC)CC(F)(F)F)C1.I. The first-order valence-corrected chi connectivity index (χ1v) is 9.98. The van der Waals surface area contributed by atoms with Crippen LogP contribution in [0.25, 0.3) is 0 Å². The van der Waals surface area contributed by atoms with E-state index in [0.717, 1.165) is 18.6 Å². The van der Waals surface area contributed by atoms with E-state index in [1.807, 2.05) is 11.8 Å². The third-order valence-electron chi connectivity index (χ3n) is 4.94. The summed E-state index contributed by atoms with van der Waals surface area (Å²) in [4.78, 5) is 7.95. The normalized spacial score (nSPS) is 17.4. The second-order valence-electron chi connectivity index (χ2n) is 7.27. The highest BCUT2D eigenvalue weighted by molar-refractivity contribution is 14.0. The fourth-order valence-electron chi connectivity index (χ4n) is 3.54. The number of benzene rings is 1. The van der Waals surface area contributed by atoms with Crippen molar-refractivity contribution in [3.05, 3.63) is 35.4 Å². The number of aliphatic imine (C=N–C) groups is 1. The molecule has 1 aromatic carbocycles. The van der Waals surface area contributed by atoms with E-state index in [9.17, 15) is 22.0 Å². The van der Waals surface area contributed by atoms with Gasteiger partial charge in [0.1, 0.15) is 11.6 Å². The zero-order valence-corrected chi connectivity index (χ0v) is 19.6. The summed E-state index contributed by atoms with van der Waals surface area (Å²) in [6.45, 7) is 5.76. The summed E-state index contributed by atoms with van der Waals surface area (Å²) in [6.07, 6.45) is -3.14. The molecule has 0 bridgehead atoms. The summed E-state index contributed by atoms with van der Waals surface area (Å²) in [5, 5.41) is 3.18. The second kappa shape index (κ2) is 12.6. The van der Waals surface area contributed by atoms with Crippen LogP contribution in [0.3, 0.4) is 0 Å². The summed E-state index contributed by atoms with van der Waals surface area (Å²) < 4.78 is 65.0. The summed E-state index contributed by atoms with van der Waals surface area (Å²) in [5.74, 6) is -0.163. The third-order valence-corrected chi connectivity index (χ3v) is 4.94. The molecule has 30 heavy (non-hydrogen) atoms. The molecule has 0 aromatic heterocycles. The minimum atomic E-state index is -4.20. The molecular formula is C20H30F5IN4. The molecule has 172 valence electrons. The molecule has 4 nitrogen and oxygen atoms in total. The van der Waals surface area contributed by atoms with Crippen LogP contribution in [0, 0.1) is 17.6 Å². The van der Waals surface area contributed by atoms with Crippen LogP contribution < -0.4 is 5.32 Å². The number of rotatable bonds is 8. The number of likely N-dealkylation sites (tertiary alicyclic amines) is 1. The second-order valence-corrected chi connectivity index (χ2v) is 7.27. The molecule has 0 saturated carbocycles. The van der Waals surface area contributed by atoms with Crippen LogP contribution in [0.4, 0.5) is 22.0 Å². The molecule has 1 aromatic rings. The van der Waals surface area contributed by atoms with Crippen molar-refractivity contribution in [2.45, 2.75) is 32.9 Å². The number of nitrogens with one attached hydrogen (secondary N) is 1. The lowest BCUT2D eigenvalue weighted by molar-refractivity contribution is -0.146. The maximum Gasteiger partial charge on any atom is 0.401 e. The fourth-order valence-corrected chi connectivity index (χ4v) is 3.54. The Morgan fingerprint density at radius 3 is 2.63 bits per heavy atom. The van der Waals surface area contributed by atoms with Crippen LogP contribution in [0.15, 0.2) is 23.2 Å². The van der Waals surface area contributed by atoms with E-state index in [1.165, 1.54) is 11.0 Å². The first-order valence-electron chi connectivity index (χ1n) is 9.98. The lowest BCUT2D eigenvalue weighted by Crippen LogP contribution is -2.42. The Morgan fingerprint density at radius 2 is 2.00 bits per heavy atom. The van der Waals surface area contributed by atoms with Gasteiger partial charge >= 0.3 is 6.18 Å². The largest absolute Gasteiger partial charge is 0.401 e. The minimum Gasteiger partial charge on any atom is -0.357 e. The Kier molecular flexibility index (Phi) is 11.3. The van der Waals surface area contributed by atoms with E-state index in [1.54, 1.807) is 6.92 Å². The lowest BCUT2D eigenvalue weighted by atomic mass is 10.1. The van der Waals surface area contributed by atoms with Gasteiger partial charge in [-0.25, -0.2) is 8.78 Å². The van der Waals surface area contributed by atoms with Crippen LogP contribution in [-0.4, -0.2) is 67.7 Å². The number of halogens is 6. The van der Waals surface area contributed by atoms with Gasteiger partial charge in [0.25, 0.3) is 0 Å². The van der Waals surface area contributed by atoms with Gasteiger partial charge in [-0.3, -0.25) is 9.89 Å². The van der Waals surface area contributed by atoms with Gasteiger partial charge in [0, 0.05) is 32.7 Å². The van der Waals surface area contributed by atoms with Gasteiger partial charge in [-0.2, -0.15) is 13.2 Å². The van der Waals surface area contributed by atoms with Crippen molar-refractivity contribution in [1.82, 2.24) is 15.1 Å². The van der Waals surface area contributed by atoms with E-state index in [4.69, 9.17) is 0 Å². The molecule has 1 aliphatic heterocycles. The van der Waals surface area contributed by atoms with Gasteiger partial charge in [0.2, 0.25) is 0 Å². The average molecular weight is 548 g/mol. The quantitative estimate of drug-likeness (QED) is 0.228. The molecule has 1 unspecified atom stereocenters. The van der Waals surface area contributed by atoms with Crippen LogP contribution in [0.1, 0.15) is 25.8 Å². The molecule has 1 atom stereocenters. The molecule has 1 fully saturated rings. The van der Waals surface area contributed by atoms with Gasteiger partial charge in [-0.15, -0.1) is 24.0 Å². The van der Waals surface area contributed by atoms with Gasteiger partial charge in [-0.1, -0.05) is 6.92 Å². The number of alkyl halides is 3. The van der Waals surface area contributed by atoms with Crippen LogP contribution in [-0.2, 0) is 6.42 Å². The number of hydrogen-bond donors (Lipinski definition) is 1. The molecule has 2 rings (SSSR count). The predicted octanol–water partition coefficient (Wildman–Crippen LogP) is 4.30. The Bertz CT molecular complexity index is 684. The first-order chi connectivity index (χ1) is 13.7. The van der Waals surface area contributed by atoms with Crippen molar-refractivity contribution in [2.75, 3.05) is 45.8 Å². The molecule has 1 N–H and O–H groups in total. The molecule has 1 saturated heterocycles. The maximum absolute atomic E-state index is 13.7. The van der Waals surface area contributed by atoms with E-state index < -0.39 is 24.4 Å². The highest BCUT2D eigenvalue weighted by Crippen LogP contribution is 2.21. The van der Waals surface area contributed by atoms with Gasteiger partial charge < -0.3 is 10.2 Å². The Labute approximate surface area is 191 Å². The Morgan fingerprint density at radius 1 is 1.27 bits per heavy atom. The van der Waals surface area contributed by atoms with E-state index in [2.05, 4.69) is 10.3 Å². The highest BCUT2D eigenvalue weighted by Gasteiger charge is 2.33. The molecule has 0 spiro atoms. The summed E-state index contributed by atoms with van der Waals surface area (Å²) in [5.41, 5.74) is 0.273. The van der Waals surface area contributed by atoms with Gasteiger partial charge in [-0.05, 0) is 56.0 Å². The number of nitrogens with zero attached hydrogens (tertiary/aromatic N) is 3. The highest BCUT2D eigenvalue weighted by atomic mass is 127. The van der Waals surface area contributed by atoms with Crippen molar-refractivity contribution in [1.29, 1.82) is 0 Å². The molecule has 0 aliphatic carbocycles. The molecular weight excluding hydrogens is 518 g/mol. The molecule has 1 heterocycles. The molecule has 0 amide bonds. The van der Waals surface area contributed by atoms with Gasteiger partial charge in [0.15, 0.2) is 5.96 Å². The van der Waals surface area contributed by atoms with Crippen molar-refractivity contribution in [2.24, 2.45) is 10.9 Å². The lowest BCUT2D eigenvalue weighted by Gasteiger charge is -2.26. The summed E-state index contributed by atoms with van der Waals surface area (Å²) in [7, 11) is 0. The van der Waals surface area contributed by atoms with E-state index in [0.29, 0.717) is 45.2 Å². The van der Waals surface area contributed by atoms with E-state index >= 15 is 0 Å². The van der Waals surface area contributed by atoms with Crippen molar-refractivity contribution < 1.29 is 22.0 Å². The summed E-state index contributed by atoms with van der Waals surface area (Å²) in [6, 6.07) is 3.35. The van der Waals surface area contributed by atoms with Crippen molar-refractivity contribution >= 4 is 29.9 Å². The maximum atomic E-state index is 13.7. The molecule has 0 radical (unpaired) electrons.